The first kappa shape index (κ1) is 19.1. The van der Waals surface area contributed by atoms with Crippen molar-refractivity contribution in [2.45, 2.75) is 32.9 Å². The number of anilines is 1. The van der Waals surface area contributed by atoms with E-state index in [1.54, 1.807) is 10.4 Å². The normalized spacial score (nSPS) is 18.0. The van der Waals surface area contributed by atoms with Crippen LogP contribution in [0.3, 0.4) is 0 Å². The van der Waals surface area contributed by atoms with Gasteiger partial charge in [0.25, 0.3) is 0 Å². The van der Waals surface area contributed by atoms with E-state index in [-0.39, 0.29) is 0 Å². The van der Waals surface area contributed by atoms with Crippen molar-refractivity contribution in [1.29, 1.82) is 0 Å². The molecule has 0 fully saturated rings. The van der Waals surface area contributed by atoms with Crippen LogP contribution in [0.2, 0.25) is 13.1 Å². The number of hydrogen-bond donors (Lipinski definition) is 0. The van der Waals surface area contributed by atoms with Gasteiger partial charge in [0.15, 0.2) is 0 Å². The predicted molar refractivity (Wildman–Crippen MR) is 134 cm³/mol. The molecule has 31 heavy (non-hydrogen) atoms. The molecule has 0 saturated carbocycles. The summed E-state index contributed by atoms with van der Waals surface area (Å²) in [6, 6.07) is 19.2. The fourth-order valence-electron chi connectivity index (χ4n) is 6.08. The maximum atomic E-state index is 2.56. The predicted octanol–water partition coefficient (Wildman–Crippen LogP) is 2.05. The Hall–Kier alpha value is -2.65. The standard InChI is InChI=1S/C28H31N2Si/c1-18-8-6-7-9-21(18)28-22-14-19-10-12-29(2)24(19)16-26(22)31(4,5)27-17-25-20(15-23(27)28)11-13-30(25)3/h6-9,14-17H,10-13H2,1-5H3/q+1. The molecule has 0 aliphatic carbocycles. The van der Waals surface area contributed by atoms with Gasteiger partial charge in [0, 0.05) is 37.3 Å². The van der Waals surface area contributed by atoms with Gasteiger partial charge in [-0.3, -0.25) is 0 Å². The zero-order valence-corrected chi connectivity index (χ0v) is 20.3. The van der Waals surface area contributed by atoms with Gasteiger partial charge in [-0.15, -0.1) is 0 Å². The number of hydrogen-bond acceptors (Lipinski definition) is 1. The molecule has 3 aromatic carbocycles. The Morgan fingerprint density at radius 1 is 0.903 bits per heavy atom. The summed E-state index contributed by atoms with van der Waals surface area (Å²) in [5, 5.41) is 6.15. The van der Waals surface area contributed by atoms with Crippen LogP contribution in [0.1, 0.15) is 27.8 Å². The van der Waals surface area contributed by atoms with Gasteiger partial charge in [-0.1, -0.05) is 37.4 Å². The van der Waals surface area contributed by atoms with Gasteiger partial charge in [0.1, 0.15) is 21.7 Å². The summed E-state index contributed by atoms with van der Waals surface area (Å²) in [4.78, 5) is 2.44. The highest BCUT2D eigenvalue weighted by Gasteiger charge is 2.38. The average Bonchev–Trinajstić information content (AvgIpc) is 3.30. The van der Waals surface area contributed by atoms with Crippen molar-refractivity contribution in [3.63, 3.8) is 0 Å². The molecule has 3 heterocycles. The molecular weight excluding hydrogens is 392 g/mol. The number of benzene rings is 3. The molecule has 0 unspecified atom stereocenters. The Balaban J connectivity index is 1.81. The third-order valence-electron chi connectivity index (χ3n) is 7.99. The third kappa shape index (κ3) is 2.59. The lowest BCUT2D eigenvalue weighted by molar-refractivity contribution is 0.720. The molecule has 0 amide bonds. The first-order valence-corrected chi connectivity index (χ1v) is 14.6. The summed E-state index contributed by atoms with van der Waals surface area (Å²) in [7, 11) is 2.65. The zero-order valence-electron chi connectivity index (χ0n) is 19.3. The van der Waals surface area contributed by atoms with Gasteiger partial charge < -0.3 is 4.90 Å². The molecule has 0 N–H and O–H groups in total. The van der Waals surface area contributed by atoms with Crippen molar-refractivity contribution in [1.82, 2.24) is 4.58 Å². The van der Waals surface area contributed by atoms with Crippen LogP contribution in [0, 0.1) is 6.92 Å². The van der Waals surface area contributed by atoms with E-state index in [0.717, 1.165) is 25.9 Å². The second-order valence-electron chi connectivity index (χ2n) is 10.2. The van der Waals surface area contributed by atoms with Crippen molar-refractivity contribution in [3.8, 4) is 0 Å². The van der Waals surface area contributed by atoms with Gasteiger partial charge >= 0.3 is 0 Å². The van der Waals surface area contributed by atoms with E-state index in [4.69, 9.17) is 0 Å². The van der Waals surface area contributed by atoms with E-state index in [0.29, 0.717) is 0 Å². The lowest BCUT2D eigenvalue weighted by atomic mass is 9.90. The highest BCUT2D eigenvalue weighted by Crippen LogP contribution is 2.33. The van der Waals surface area contributed by atoms with Crippen LogP contribution < -0.4 is 30.4 Å². The molecule has 0 atom stereocenters. The number of aryl methyl sites for hydroxylation is 1. The van der Waals surface area contributed by atoms with Gasteiger partial charge in [-0.2, -0.15) is 0 Å². The molecule has 3 aliphatic heterocycles. The first-order chi connectivity index (χ1) is 14.9. The topological polar surface area (TPSA) is 6.25 Å². The lowest BCUT2D eigenvalue weighted by Crippen LogP contribution is -2.63. The summed E-state index contributed by atoms with van der Waals surface area (Å²) in [5.41, 5.74) is 10.2. The quantitative estimate of drug-likeness (QED) is 0.429. The maximum absolute atomic E-state index is 2.56. The van der Waals surface area contributed by atoms with E-state index >= 15 is 0 Å². The molecular formula is C28H31N2Si+. The summed E-state index contributed by atoms with van der Waals surface area (Å²) in [6.45, 7) is 9.64. The van der Waals surface area contributed by atoms with Crippen molar-refractivity contribution < 1.29 is 0 Å². The molecule has 0 aromatic heterocycles. The van der Waals surface area contributed by atoms with E-state index in [2.05, 4.69) is 92.1 Å². The van der Waals surface area contributed by atoms with Crippen molar-refractivity contribution >= 4 is 29.7 Å². The van der Waals surface area contributed by atoms with E-state index in [1.165, 1.54) is 49.7 Å². The maximum Gasteiger partial charge on any atom is 0.203 e. The van der Waals surface area contributed by atoms with E-state index < -0.39 is 8.07 Å². The van der Waals surface area contributed by atoms with Crippen molar-refractivity contribution in [3.05, 3.63) is 86.9 Å². The summed E-state index contributed by atoms with van der Waals surface area (Å²) in [6.07, 6.45) is 2.31. The highest BCUT2D eigenvalue weighted by molar-refractivity contribution is 7.01. The second kappa shape index (κ2) is 6.43. The monoisotopic (exact) mass is 423 g/mol. The van der Waals surface area contributed by atoms with Crippen LogP contribution in [0.4, 0.5) is 5.69 Å². The van der Waals surface area contributed by atoms with Gasteiger partial charge in [-0.25, -0.2) is 4.58 Å². The molecule has 0 saturated heterocycles. The van der Waals surface area contributed by atoms with Crippen LogP contribution in [0.5, 0.6) is 0 Å². The van der Waals surface area contributed by atoms with Crippen LogP contribution in [-0.4, -0.2) is 35.3 Å². The number of nitrogens with zero attached hydrogens (tertiary/aromatic N) is 2. The molecule has 0 bridgehead atoms. The molecule has 0 spiro atoms. The Kier molecular flexibility index (Phi) is 3.95. The molecule has 6 rings (SSSR count). The summed E-state index contributed by atoms with van der Waals surface area (Å²) < 4.78 is 2.44. The minimum atomic E-state index is -1.84. The Morgan fingerprint density at radius 2 is 1.71 bits per heavy atom. The highest BCUT2D eigenvalue weighted by atomic mass is 28.3. The minimum Gasteiger partial charge on any atom is -0.374 e. The van der Waals surface area contributed by atoms with Gasteiger partial charge in [-0.05, 0) is 75.0 Å². The number of fused-ring (bicyclic) bond motifs is 4. The minimum absolute atomic E-state index is 1.13. The van der Waals surface area contributed by atoms with Crippen LogP contribution in [0.25, 0.3) is 5.57 Å². The van der Waals surface area contributed by atoms with Crippen LogP contribution in [-0.2, 0) is 12.8 Å². The Bertz CT molecular complexity index is 1400. The Morgan fingerprint density at radius 3 is 2.52 bits per heavy atom. The smallest absolute Gasteiger partial charge is 0.203 e. The lowest BCUT2D eigenvalue weighted by Gasteiger charge is -2.34. The van der Waals surface area contributed by atoms with E-state index in [9.17, 15) is 0 Å². The van der Waals surface area contributed by atoms with Crippen LogP contribution >= 0.6 is 0 Å². The second-order valence-corrected chi connectivity index (χ2v) is 14.5. The number of likely N-dealkylation sites (N-methyl/N-ethyl adjacent to an activating group) is 2. The van der Waals surface area contributed by atoms with Gasteiger partial charge in [0.2, 0.25) is 5.36 Å². The third-order valence-corrected chi connectivity index (χ3v) is 11.5. The SMILES string of the molecule is Cc1ccccc1C1=c2cc3c(cc2[Si](C)(C)c2cc4c(cc21)CCN4C)=[N+](C)CC3. The molecule has 2 nitrogen and oxygen atoms in total. The molecule has 156 valence electrons. The summed E-state index contributed by atoms with van der Waals surface area (Å²) in [5.74, 6) is 0. The first-order valence-electron chi connectivity index (χ1n) is 11.6. The van der Waals surface area contributed by atoms with Crippen molar-refractivity contribution in [2.75, 3.05) is 32.1 Å². The molecule has 3 aliphatic rings. The largest absolute Gasteiger partial charge is 0.374 e. The molecule has 3 heteroatoms. The van der Waals surface area contributed by atoms with E-state index in [1.807, 2.05) is 0 Å². The van der Waals surface area contributed by atoms with Crippen molar-refractivity contribution in [2.24, 2.45) is 0 Å². The average molecular weight is 424 g/mol. The van der Waals surface area contributed by atoms with Crippen LogP contribution in [0.15, 0.2) is 48.5 Å². The number of rotatable bonds is 1. The fourth-order valence-corrected chi connectivity index (χ4v) is 9.10. The molecule has 3 aromatic rings. The van der Waals surface area contributed by atoms with Gasteiger partial charge in [0.05, 0.1) is 0 Å². The zero-order chi connectivity index (χ0) is 21.5. The summed E-state index contributed by atoms with van der Waals surface area (Å²) >= 11 is 0. The fraction of sp³-hybridized carbons (Fsp3) is 0.321. The molecule has 0 radical (unpaired) electrons. The Labute approximate surface area is 186 Å².